The van der Waals surface area contributed by atoms with Crippen molar-refractivity contribution in [1.29, 1.82) is 0 Å². The van der Waals surface area contributed by atoms with E-state index >= 15 is 0 Å². The fourth-order valence-corrected chi connectivity index (χ4v) is 3.29. The van der Waals surface area contributed by atoms with Gasteiger partial charge in [-0.05, 0) is 45.2 Å². The van der Waals surface area contributed by atoms with Gasteiger partial charge in [0.15, 0.2) is 0 Å². The predicted octanol–water partition coefficient (Wildman–Crippen LogP) is 2.23. The zero-order valence-corrected chi connectivity index (χ0v) is 10.2. The lowest BCUT2D eigenvalue weighted by molar-refractivity contribution is -0.0152. The first-order valence-electron chi connectivity index (χ1n) is 6.22. The normalized spacial score (nSPS) is 33.8. The molecule has 1 heterocycles. The van der Waals surface area contributed by atoms with E-state index < -0.39 is 5.92 Å². The Bertz CT molecular complexity index is 258. The van der Waals surface area contributed by atoms with E-state index in [9.17, 15) is 8.78 Å². The van der Waals surface area contributed by atoms with Crippen LogP contribution in [-0.4, -0.2) is 36.0 Å². The first kappa shape index (κ1) is 12.2. The summed E-state index contributed by atoms with van der Waals surface area (Å²) in [6.07, 6.45) is 1.56. The molecule has 0 aromatic rings. The average molecular weight is 232 g/mol. The third-order valence-corrected chi connectivity index (χ3v) is 4.44. The second kappa shape index (κ2) is 3.91. The quantitative estimate of drug-likeness (QED) is 0.751. The van der Waals surface area contributed by atoms with Gasteiger partial charge in [0, 0.05) is 24.9 Å². The van der Waals surface area contributed by atoms with E-state index in [0.717, 1.165) is 25.9 Å². The number of halogens is 2. The molecule has 94 valence electrons. The van der Waals surface area contributed by atoms with Crippen LogP contribution in [0.1, 0.15) is 39.5 Å². The molecule has 1 saturated heterocycles. The molecule has 0 aromatic heterocycles. The van der Waals surface area contributed by atoms with Crippen molar-refractivity contribution in [3.8, 4) is 0 Å². The Morgan fingerprint density at radius 2 is 1.81 bits per heavy atom. The molecule has 1 atom stereocenters. The molecule has 2 N–H and O–H groups in total. The minimum atomic E-state index is -2.53. The lowest BCUT2D eigenvalue weighted by atomic mass is 9.74. The van der Waals surface area contributed by atoms with Gasteiger partial charge in [0.1, 0.15) is 0 Å². The Morgan fingerprint density at radius 3 is 2.19 bits per heavy atom. The largest absolute Gasteiger partial charge is 0.327 e. The van der Waals surface area contributed by atoms with E-state index in [1.165, 1.54) is 0 Å². The number of nitrogens with two attached hydrogens (primary N) is 1. The Labute approximate surface area is 96.2 Å². The van der Waals surface area contributed by atoms with E-state index in [1.54, 1.807) is 0 Å². The van der Waals surface area contributed by atoms with Gasteiger partial charge in [-0.3, -0.25) is 0 Å². The number of nitrogens with zero attached hydrogens (tertiary/aromatic N) is 1. The molecule has 0 amide bonds. The standard InChI is InChI=1S/C12H22F2N2/c1-9(2)16-5-3-11(4-6-16)8-12(13,14)7-10(11)15/h9-10H,3-8,15H2,1-2H3/t10-/m0/s1. The van der Waals surface area contributed by atoms with Gasteiger partial charge < -0.3 is 10.6 Å². The fourth-order valence-electron chi connectivity index (χ4n) is 3.29. The molecule has 2 fully saturated rings. The smallest absolute Gasteiger partial charge is 0.250 e. The third kappa shape index (κ3) is 2.09. The van der Waals surface area contributed by atoms with Crippen molar-refractivity contribution in [1.82, 2.24) is 4.90 Å². The maximum atomic E-state index is 13.4. The molecule has 0 aromatic carbocycles. The molecule has 2 rings (SSSR count). The lowest BCUT2D eigenvalue weighted by Crippen LogP contribution is -2.48. The molecule has 1 aliphatic heterocycles. The highest BCUT2D eigenvalue weighted by Crippen LogP contribution is 2.52. The molecule has 16 heavy (non-hydrogen) atoms. The summed E-state index contributed by atoms with van der Waals surface area (Å²) < 4.78 is 26.8. The number of rotatable bonds is 1. The first-order chi connectivity index (χ1) is 7.35. The molecule has 0 radical (unpaired) electrons. The zero-order valence-electron chi connectivity index (χ0n) is 10.2. The highest BCUT2D eigenvalue weighted by molar-refractivity contribution is 5.04. The van der Waals surface area contributed by atoms with Crippen molar-refractivity contribution in [2.75, 3.05) is 13.1 Å². The second-order valence-corrected chi connectivity index (χ2v) is 5.84. The molecule has 1 saturated carbocycles. The van der Waals surface area contributed by atoms with Gasteiger partial charge in [-0.1, -0.05) is 0 Å². The van der Waals surface area contributed by atoms with E-state index in [4.69, 9.17) is 5.73 Å². The first-order valence-corrected chi connectivity index (χ1v) is 6.22. The summed E-state index contributed by atoms with van der Waals surface area (Å²) in [5.41, 5.74) is 5.66. The maximum Gasteiger partial charge on any atom is 0.250 e. The van der Waals surface area contributed by atoms with Crippen LogP contribution in [0.2, 0.25) is 0 Å². The Hall–Kier alpha value is -0.220. The topological polar surface area (TPSA) is 29.3 Å². The summed E-state index contributed by atoms with van der Waals surface area (Å²) in [6.45, 7) is 6.14. The highest BCUT2D eigenvalue weighted by atomic mass is 19.3. The van der Waals surface area contributed by atoms with E-state index in [2.05, 4.69) is 18.7 Å². The van der Waals surface area contributed by atoms with E-state index in [1.807, 2.05) is 0 Å². The Morgan fingerprint density at radius 1 is 1.25 bits per heavy atom. The molecule has 2 nitrogen and oxygen atoms in total. The van der Waals surface area contributed by atoms with Crippen molar-refractivity contribution in [2.24, 2.45) is 11.1 Å². The molecular formula is C12H22F2N2. The van der Waals surface area contributed by atoms with Crippen LogP contribution in [0, 0.1) is 5.41 Å². The Balaban J connectivity index is 2.02. The summed E-state index contributed by atoms with van der Waals surface area (Å²) in [7, 11) is 0. The molecular weight excluding hydrogens is 210 g/mol. The molecule has 1 spiro atoms. The number of likely N-dealkylation sites (tertiary alicyclic amines) is 1. The van der Waals surface area contributed by atoms with Crippen LogP contribution in [0.25, 0.3) is 0 Å². The highest BCUT2D eigenvalue weighted by Gasteiger charge is 2.55. The number of hydrogen-bond acceptors (Lipinski definition) is 2. The van der Waals surface area contributed by atoms with Gasteiger partial charge in [-0.2, -0.15) is 0 Å². The second-order valence-electron chi connectivity index (χ2n) is 5.84. The van der Waals surface area contributed by atoms with Gasteiger partial charge in [-0.25, -0.2) is 8.78 Å². The molecule has 1 aliphatic carbocycles. The van der Waals surface area contributed by atoms with E-state index in [-0.39, 0.29) is 24.3 Å². The fraction of sp³-hybridized carbons (Fsp3) is 1.00. The summed E-state index contributed by atoms with van der Waals surface area (Å²) in [5, 5.41) is 0. The monoisotopic (exact) mass is 232 g/mol. The SMILES string of the molecule is CC(C)N1CCC2(CC1)CC(F)(F)C[C@@H]2N. The van der Waals surface area contributed by atoms with Gasteiger partial charge in [-0.15, -0.1) is 0 Å². The molecule has 2 aliphatic rings. The van der Waals surface area contributed by atoms with Gasteiger partial charge in [0.2, 0.25) is 5.92 Å². The summed E-state index contributed by atoms with van der Waals surface area (Å²) in [4.78, 5) is 2.36. The third-order valence-electron chi connectivity index (χ3n) is 4.44. The van der Waals surface area contributed by atoms with Gasteiger partial charge in [0.05, 0.1) is 0 Å². The van der Waals surface area contributed by atoms with Crippen molar-refractivity contribution in [2.45, 2.75) is 57.5 Å². The zero-order chi connectivity index (χ0) is 12.0. The van der Waals surface area contributed by atoms with Crippen LogP contribution in [-0.2, 0) is 0 Å². The molecule has 0 unspecified atom stereocenters. The lowest BCUT2D eigenvalue weighted by Gasteiger charge is -2.43. The van der Waals surface area contributed by atoms with Crippen molar-refractivity contribution >= 4 is 0 Å². The van der Waals surface area contributed by atoms with Crippen molar-refractivity contribution < 1.29 is 8.78 Å². The number of piperidine rings is 1. The van der Waals surface area contributed by atoms with Crippen LogP contribution in [0.5, 0.6) is 0 Å². The molecule has 4 heteroatoms. The number of alkyl halides is 2. The predicted molar refractivity (Wildman–Crippen MR) is 60.5 cm³/mol. The summed E-state index contributed by atoms with van der Waals surface area (Å²) in [6, 6.07) is 0.201. The van der Waals surface area contributed by atoms with Crippen LogP contribution in [0.4, 0.5) is 8.78 Å². The Kier molecular flexibility index (Phi) is 2.99. The minimum Gasteiger partial charge on any atom is -0.327 e. The van der Waals surface area contributed by atoms with E-state index in [0.29, 0.717) is 6.04 Å². The van der Waals surface area contributed by atoms with Crippen molar-refractivity contribution in [3.05, 3.63) is 0 Å². The summed E-state index contributed by atoms with van der Waals surface area (Å²) >= 11 is 0. The maximum absolute atomic E-state index is 13.4. The molecule has 0 bridgehead atoms. The van der Waals surface area contributed by atoms with Crippen LogP contribution >= 0.6 is 0 Å². The van der Waals surface area contributed by atoms with Crippen LogP contribution in [0.15, 0.2) is 0 Å². The minimum absolute atomic E-state index is 0.00705. The van der Waals surface area contributed by atoms with Crippen LogP contribution < -0.4 is 5.73 Å². The van der Waals surface area contributed by atoms with Crippen molar-refractivity contribution in [3.63, 3.8) is 0 Å². The summed E-state index contributed by atoms with van der Waals surface area (Å²) in [5.74, 6) is -2.53. The van der Waals surface area contributed by atoms with Crippen LogP contribution in [0.3, 0.4) is 0 Å². The average Bonchev–Trinajstić information content (AvgIpc) is 2.37. The number of hydrogen-bond donors (Lipinski definition) is 1. The van der Waals surface area contributed by atoms with Gasteiger partial charge in [0.25, 0.3) is 0 Å². The van der Waals surface area contributed by atoms with Gasteiger partial charge >= 0.3 is 0 Å².